The van der Waals surface area contributed by atoms with Gasteiger partial charge in [-0.1, -0.05) is 30.3 Å². The highest BCUT2D eigenvalue weighted by Crippen LogP contribution is 2.14. The number of amides is 1. The van der Waals surface area contributed by atoms with E-state index in [1.807, 2.05) is 12.1 Å². The van der Waals surface area contributed by atoms with Crippen molar-refractivity contribution in [1.82, 2.24) is 10.3 Å². The van der Waals surface area contributed by atoms with Crippen LogP contribution >= 0.6 is 0 Å². The second-order valence-electron chi connectivity index (χ2n) is 7.01. The van der Waals surface area contributed by atoms with Gasteiger partial charge in [0.2, 0.25) is 0 Å². The van der Waals surface area contributed by atoms with Crippen molar-refractivity contribution in [3.05, 3.63) is 90.3 Å². The highest BCUT2D eigenvalue weighted by Gasteiger charge is 2.21. The Labute approximate surface area is 186 Å². The molecule has 2 aromatic carbocycles. The van der Waals surface area contributed by atoms with Gasteiger partial charge in [-0.3, -0.25) is 9.78 Å². The van der Waals surface area contributed by atoms with Gasteiger partial charge in [0.05, 0.1) is 12.3 Å². The number of carbonyl (C=O) groups is 2. The molecular formula is C24H25N3O5. The molecule has 0 aliphatic heterocycles. The first-order valence-corrected chi connectivity index (χ1v) is 10.2. The molecule has 1 amide bonds. The lowest BCUT2D eigenvalue weighted by Gasteiger charge is -2.15. The summed E-state index contributed by atoms with van der Waals surface area (Å²) >= 11 is 0. The first kappa shape index (κ1) is 22.8. The van der Waals surface area contributed by atoms with E-state index in [1.54, 1.807) is 67.0 Å². The van der Waals surface area contributed by atoms with Gasteiger partial charge in [-0.2, -0.15) is 4.89 Å². The topological polar surface area (TPSA) is 110 Å². The van der Waals surface area contributed by atoms with Gasteiger partial charge in [0, 0.05) is 30.9 Å². The number of aromatic nitrogens is 1. The molecule has 0 saturated heterocycles. The van der Waals surface area contributed by atoms with Crippen molar-refractivity contribution in [3.63, 3.8) is 0 Å². The Morgan fingerprint density at radius 2 is 1.78 bits per heavy atom. The molecule has 0 aliphatic rings. The van der Waals surface area contributed by atoms with Gasteiger partial charge >= 0.3 is 5.97 Å². The Morgan fingerprint density at radius 1 is 1.00 bits per heavy atom. The van der Waals surface area contributed by atoms with Crippen LogP contribution in [0.25, 0.3) is 0 Å². The summed E-state index contributed by atoms with van der Waals surface area (Å²) < 4.78 is 0. The molecule has 0 radical (unpaired) electrons. The highest BCUT2D eigenvalue weighted by molar-refractivity contribution is 5.96. The molecule has 0 unspecified atom stereocenters. The van der Waals surface area contributed by atoms with E-state index in [-0.39, 0.29) is 6.42 Å². The Balaban J connectivity index is 1.40. The minimum absolute atomic E-state index is 0.148. The van der Waals surface area contributed by atoms with Gasteiger partial charge < -0.3 is 20.6 Å². The minimum Gasteiger partial charge on any atom is -0.480 e. The maximum absolute atomic E-state index is 12.3. The monoisotopic (exact) mass is 435 g/mol. The summed E-state index contributed by atoms with van der Waals surface area (Å²) in [4.78, 5) is 38.4. The summed E-state index contributed by atoms with van der Waals surface area (Å²) in [5.41, 5.74) is 2.11. The fourth-order valence-corrected chi connectivity index (χ4v) is 2.89. The zero-order valence-corrected chi connectivity index (χ0v) is 17.4. The van der Waals surface area contributed by atoms with Crippen LogP contribution in [0.1, 0.15) is 22.3 Å². The molecular weight excluding hydrogens is 410 g/mol. The Morgan fingerprint density at radius 3 is 2.47 bits per heavy atom. The third-order valence-corrected chi connectivity index (χ3v) is 4.55. The second-order valence-corrected chi connectivity index (χ2v) is 7.01. The first-order valence-electron chi connectivity index (χ1n) is 10.2. The second kappa shape index (κ2) is 12.1. The zero-order chi connectivity index (χ0) is 22.6. The predicted molar refractivity (Wildman–Crippen MR) is 119 cm³/mol. The number of hydrogen-bond donors (Lipinski definition) is 3. The van der Waals surface area contributed by atoms with E-state index in [0.717, 1.165) is 24.2 Å². The van der Waals surface area contributed by atoms with Crippen molar-refractivity contribution in [2.45, 2.75) is 18.9 Å². The number of nitrogens with one attached hydrogen (secondary N) is 2. The molecule has 0 saturated carbocycles. The molecule has 3 N–H and O–H groups in total. The van der Waals surface area contributed by atoms with E-state index in [4.69, 9.17) is 9.78 Å². The number of pyridine rings is 1. The van der Waals surface area contributed by atoms with Crippen LogP contribution < -0.4 is 15.5 Å². The molecule has 8 heteroatoms. The van der Waals surface area contributed by atoms with E-state index in [9.17, 15) is 14.7 Å². The lowest BCUT2D eigenvalue weighted by molar-refractivity contribution is -0.206. The number of nitrogens with zero attached hydrogens (tertiary/aromatic N) is 1. The van der Waals surface area contributed by atoms with Crippen molar-refractivity contribution in [3.8, 4) is 5.75 Å². The quantitative estimate of drug-likeness (QED) is 0.227. The maximum atomic E-state index is 12.3. The van der Waals surface area contributed by atoms with Crippen molar-refractivity contribution in [1.29, 1.82) is 0 Å². The normalized spacial score (nSPS) is 11.4. The molecule has 1 heterocycles. The van der Waals surface area contributed by atoms with Crippen molar-refractivity contribution >= 4 is 17.6 Å². The van der Waals surface area contributed by atoms with E-state index < -0.39 is 17.9 Å². The van der Waals surface area contributed by atoms with Crippen molar-refractivity contribution in [2.24, 2.45) is 0 Å². The van der Waals surface area contributed by atoms with Crippen LogP contribution in [-0.4, -0.2) is 41.2 Å². The number of carboxylic acid groups (broad SMARTS) is 1. The van der Waals surface area contributed by atoms with Gasteiger partial charge in [0.25, 0.3) is 5.91 Å². The standard InChI is InChI=1S/C24H25N3O5/c28-23(19-6-2-1-3-7-19)27-22(24(29)30)16-18-9-11-21(12-10-18)32-31-15-5-14-26-20-8-4-13-25-17-20/h1-4,6-13,17,22,26H,5,14-16H2,(H,27,28)(H,29,30)/t22-/m0/s1. The summed E-state index contributed by atoms with van der Waals surface area (Å²) in [5.74, 6) is -1.02. The molecule has 3 rings (SSSR count). The average Bonchev–Trinajstić information content (AvgIpc) is 2.83. The third kappa shape index (κ3) is 7.41. The number of hydrogen-bond acceptors (Lipinski definition) is 6. The Hall–Kier alpha value is -3.91. The fourth-order valence-electron chi connectivity index (χ4n) is 2.89. The van der Waals surface area contributed by atoms with Crippen LogP contribution in [0, 0.1) is 0 Å². The molecule has 1 atom stereocenters. The smallest absolute Gasteiger partial charge is 0.326 e. The minimum atomic E-state index is -1.10. The molecule has 8 nitrogen and oxygen atoms in total. The summed E-state index contributed by atoms with van der Waals surface area (Å²) in [7, 11) is 0. The van der Waals surface area contributed by atoms with E-state index >= 15 is 0 Å². The molecule has 0 bridgehead atoms. The number of anilines is 1. The molecule has 166 valence electrons. The van der Waals surface area contributed by atoms with Crippen LogP contribution in [0.3, 0.4) is 0 Å². The maximum Gasteiger partial charge on any atom is 0.326 e. The summed E-state index contributed by atoms with van der Waals surface area (Å²) in [6.07, 6.45) is 4.36. The van der Waals surface area contributed by atoms with Crippen LogP contribution in [0.5, 0.6) is 5.75 Å². The molecule has 0 fully saturated rings. The van der Waals surface area contributed by atoms with Crippen molar-refractivity contribution < 1.29 is 24.5 Å². The Bertz CT molecular complexity index is 982. The van der Waals surface area contributed by atoms with Crippen molar-refractivity contribution in [2.75, 3.05) is 18.5 Å². The van der Waals surface area contributed by atoms with E-state index in [1.165, 1.54) is 0 Å². The molecule has 0 spiro atoms. The summed E-state index contributed by atoms with van der Waals surface area (Å²) in [6.45, 7) is 1.13. The highest BCUT2D eigenvalue weighted by atomic mass is 17.2. The molecule has 1 aromatic heterocycles. The number of carbonyl (C=O) groups excluding carboxylic acids is 1. The van der Waals surface area contributed by atoms with E-state index in [2.05, 4.69) is 15.6 Å². The van der Waals surface area contributed by atoms with Crippen LogP contribution in [0.15, 0.2) is 79.1 Å². The zero-order valence-electron chi connectivity index (χ0n) is 17.4. The van der Waals surface area contributed by atoms with Gasteiger partial charge in [0.15, 0.2) is 5.75 Å². The summed E-state index contributed by atoms with van der Waals surface area (Å²) in [5, 5.41) is 15.3. The number of benzene rings is 2. The summed E-state index contributed by atoms with van der Waals surface area (Å²) in [6, 6.07) is 18.1. The van der Waals surface area contributed by atoms with Gasteiger partial charge in [-0.05, 0) is 48.4 Å². The third-order valence-electron chi connectivity index (χ3n) is 4.55. The van der Waals surface area contributed by atoms with E-state index in [0.29, 0.717) is 17.9 Å². The number of aliphatic carboxylic acids is 1. The molecule has 0 aliphatic carbocycles. The van der Waals surface area contributed by atoms with Gasteiger partial charge in [0.1, 0.15) is 6.04 Å². The number of carboxylic acids is 1. The van der Waals surface area contributed by atoms with Gasteiger partial charge in [-0.15, -0.1) is 0 Å². The van der Waals surface area contributed by atoms with Crippen LogP contribution in [-0.2, 0) is 16.1 Å². The van der Waals surface area contributed by atoms with Crippen LogP contribution in [0.2, 0.25) is 0 Å². The lowest BCUT2D eigenvalue weighted by Crippen LogP contribution is -2.42. The average molecular weight is 435 g/mol. The fraction of sp³-hybridized carbons (Fsp3) is 0.208. The predicted octanol–water partition coefficient (Wildman–Crippen LogP) is 3.32. The molecule has 3 aromatic rings. The number of rotatable bonds is 12. The first-order chi connectivity index (χ1) is 15.6. The lowest BCUT2D eigenvalue weighted by atomic mass is 10.1. The Kier molecular flexibility index (Phi) is 8.59. The van der Waals surface area contributed by atoms with Crippen LogP contribution in [0.4, 0.5) is 5.69 Å². The van der Waals surface area contributed by atoms with Gasteiger partial charge in [-0.25, -0.2) is 4.79 Å². The molecule has 32 heavy (non-hydrogen) atoms. The SMILES string of the molecule is O=C(N[C@@H](Cc1ccc(OOCCCNc2cccnc2)cc1)C(=O)O)c1ccccc1. The largest absolute Gasteiger partial charge is 0.480 e.